The summed E-state index contributed by atoms with van der Waals surface area (Å²) in [5.74, 6) is 0. The Bertz CT molecular complexity index is 358. The van der Waals surface area contributed by atoms with Crippen molar-refractivity contribution in [2.24, 2.45) is 0 Å². The fourth-order valence-electron chi connectivity index (χ4n) is 2.10. The lowest BCUT2D eigenvalue weighted by molar-refractivity contribution is 0.191. The summed E-state index contributed by atoms with van der Waals surface area (Å²) in [5.41, 5.74) is 0. The molecule has 2 unspecified atom stereocenters. The van der Waals surface area contributed by atoms with Gasteiger partial charge in [0.05, 0.1) is 6.10 Å². The van der Waals surface area contributed by atoms with Crippen molar-refractivity contribution in [2.75, 3.05) is 32.1 Å². The maximum Gasteiger partial charge on any atom is 0.186 e. The highest BCUT2D eigenvalue weighted by molar-refractivity contribution is 9.10. The molecule has 1 saturated heterocycles. The lowest BCUT2D eigenvalue weighted by Crippen LogP contribution is -2.37. The zero-order chi connectivity index (χ0) is 11.7. The maximum atomic E-state index is 9.76. The van der Waals surface area contributed by atoms with Crippen molar-refractivity contribution >= 4 is 32.4 Å². The molecular formula is C10H16BrN3OS. The summed E-state index contributed by atoms with van der Waals surface area (Å²) in [7, 11) is 4.11. The largest absolute Gasteiger partial charge is 0.391 e. The van der Waals surface area contributed by atoms with E-state index in [4.69, 9.17) is 0 Å². The van der Waals surface area contributed by atoms with Gasteiger partial charge in [0.2, 0.25) is 0 Å². The molecule has 0 spiro atoms. The molecule has 16 heavy (non-hydrogen) atoms. The quantitative estimate of drug-likeness (QED) is 0.916. The smallest absolute Gasteiger partial charge is 0.186 e. The zero-order valence-corrected chi connectivity index (χ0v) is 11.8. The van der Waals surface area contributed by atoms with E-state index in [1.54, 1.807) is 11.3 Å². The van der Waals surface area contributed by atoms with Crippen LogP contribution in [0, 0.1) is 0 Å². The summed E-state index contributed by atoms with van der Waals surface area (Å²) in [4.78, 5) is 8.78. The van der Waals surface area contributed by atoms with E-state index in [2.05, 4.69) is 44.8 Å². The summed E-state index contributed by atoms with van der Waals surface area (Å²) < 4.78 is 0.873. The fraction of sp³-hybridized carbons (Fsp3) is 0.700. The van der Waals surface area contributed by atoms with Crippen LogP contribution in [-0.2, 0) is 0 Å². The fourth-order valence-corrected chi connectivity index (χ4v) is 3.43. The number of aliphatic hydroxyl groups excluding tert-OH is 1. The van der Waals surface area contributed by atoms with Gasteiger partial charge in [-0.2, -0.15) is 0 Å². The average molecular weight is 306 g/mol. The van der Waals surface area contributed by atoms with Crippen molar-refractivity contribution < 1.29 is 5.11 Å². The van der Waals surface area contributed by atoms with E-state index in [0.717, 1.165) is 22.7 Å². The molecule has 1 aliphatic heterocycles. The number of nitrogens with zero attached hydrogens (tertiary/aromatic N) is 3. The highest BCUT2D eigenvalue weighted by Gasteiger charge is 2.32. The Morgan fingerprint density at radius 1 is 1.69 bits per heavy atom. The van der Waals surface area contributed by atoms with Gasteiger partial charge in [-0.25, -0.2) is 4.98 Å². The topological polar surface area (TPSA) is 39.6 Å². The van der Waals surface area contributed by atoms with Gasteiger partial charge in [0.15, 0.2) is 5.13 Å². The number of aromatic nitrogens is 1. The molecular weight excluding hydrogens is 290 g/mol. The molecule has 2 rings (SSSR count). The van der Waals surface area contributed by atoms with Gasteiger partial charge >= 0.3 is 0 Å². The Morgan fingerprint density at radius 3 is 3.00 bits per heavy atom. The molecule has 0 aliphatic carbocycles. The van der Waals surface area contributed by atoms with Crippen LogP contribution in [0.25, 0.3) is 0 Å². The van der Waals surface area contributed by atoms with Crippen molar-refractivity contribution in [1.82, 2.24) is 9.88 Å². The molecule has 90 valence electrons. The average Bonchev–Trinajstić information content (AvgIpc) is 2.72. The van der Waals surface area contributed by atoms with Crippen LogP contribution in [0.5, 0.6) is 0 Å². The highest BCUT2D eigenvalue weighted by atomic mass is 79.9. The van der Waals surface area contributed by atoms with Gasteiger partial charge in [-0.05, 0) is 36.4 Å². The molecule has 1 aromatic heterocycles. The lowest BCUT2D eigenvalue weighted by Gasteiger charge is -2.26. The summed E-state index contributed by atoms with van der Waals surface area (Å²) in [5, 5.41) is 12.7. The van der Waals surface area contributed by atoms with Gasteiger partial charge in [-0.15, -0.1) is 11.3 Å². The van der Waals surface area contributed by atoms with Crippen LogP contribution < -0.4 is 4.90 Å². The molecule has 1 N–H and O–H groups in total. The summed E-state index contributed by atoms with van der Waals surface area (Å²) in [6, 6.07) is 0.364. The van der Waals surface area contributed by atoms with E-state index in [1.165, 1.54) is 0 Å². The normalized spacial score (nSPS) is 25.7. The van der Waals surface area contributed by atoms with Crippen LogP contribution in [0.4, 0.5) is 5.13 Å². The van der Waals surface area contributed by atoms with Gasteiger partial charge in [0.25, 0.3) is 0 Å². The molecule has 2 heterocycles. The Balaban J connectivity index is 2.12. The van der Waals surface area contributed by atoms with Crippen LogP contribution in [0.3, 0.4) is 0 Å². The van der Waals surface area contributed by atoms with Gasteiger partial charge in [0.1, 0.15) is 4.60 Å². The molecule has 0 bridgehead atoms. The maximum absolute atomic E-state index is 9.76. The van der Waals surface area contributed by atoms with Crippen molar-refractivity contribution in [3.63, 3.8) is 0 Å². The number of β-amino-alcohol motifs (C(OH)–C–C–N with tert-alkyl or cyclic N) is 1. The van der Waals surface area contributed by atoms with Crippen LogP contribution in [-0.4, -0.2) is 54.3 Å². The number of likely N-dealkylation sites (N-methyl/N-ethyl adjacent to an activating group) is 1. The van der Waals surface area contributed by atoms with Crippen LogP contribution in [0.1, 0.15) is 6.42 Å². The third kappa shape index (κ3) is 2.74. The first-order chi connectivity index (χ1) is 7.56. The molecule has 0 radical (unpaired) electrons. The van der Waals surface area contributed by atoms with Crippen LogP contribution in [0.2, 0.25) is 0 Å². The second kappa shape index (κ2) is 5.00. The Hall–Kier alpha value is -0.170. The van der Waals surface area contributed by atoms with Gasteiger partial charge in [-0.3, -0.25) is 0 Å². The van der Waals surface area contributed by atoms with Crippen LogP contribution >= 0.6 is 27.3 Å². The molecule has 2 atom stereocenters. The van der Waals surface area contributed by atoms with E-state index in [0.29, 0.717) is 12.6 Å². The van der Waals surface area contributed by atoms with Gasteiger partial charge in [-0.1, -0.05) is 0 Å². The van der Waals surface area contributed by atoms with Gasteiger partial charge < -0.3 is 14.9 Å². The molecule has 0 aromatic carbocycles. The minimum atomic E-state index is -0.229. The second-order valence-corrected chi connectivity index (χ2v) is 6.06. The Labute approximate surface area is 108 Å². The number of aliphatic hydroxyl groups is 1. The van der Waals surface area contributed by atoms with Crippen molar-refractivity contribution in [3.8, 4) is 0 Å². The molecule has 0 amide bonds. The number of halogens is 1. The number of thiazole rings is 1. The molecule has 1 aliphatic rings. The molecule has 0 saturated carbocycles. The third-order valence-corrected chi connectivity index (χ3v) is 4.27. The highest BCUT2D eigenvalue weighted by Crippen LogP contribution is 2.30. The SMILES string of the molecule is CN(C)CC1CC(O)CN1c1nc(Br)cs1. The first-order valence-electron chi connectivity index (χ1n) is 5.26. The van der Waals surface area contributed by atoms with E-state index in [1.807, 2.05) is 5.38 Å². The van der Waals surface area contributed by atoms with E-state index in [-0.39, 0.29) is 6.10 Å². The summed E-state index contributed by atoms with van der Waals surface area (Å²) in [6.45, 7) is 1.65. The first kappa shape index (κ1) is 12.3. The van der Waals surface area contributed by atoms with E-state index >= 15 is 0 Å². The predicted octanol–water partition coefficient (Wildman–Crippen LogP) is 1.41. The standard InChI is InChI=1S/C10H16BrN3OS/c1-13(2)4-7-3-8(15)5-14(7)10-12-9(11)6-16-10/h6-8,15H,3-5H2,1-2H3. The summed E-state index contributed by atoms with van der Waals surface area (Å²) >= 11 is 4.98. The minimum absolute atomic E-state index is 0.229. The number of hydrogen-bond acceptors (Lipinski definition) is 5. The van der Waals surface area contributed by atoms with Gasteiger partial charge in [0, 0.05) is 24.5 Å². The number of rotatable bonds is 3. The van der Waals surface area contributed by atoms with Crippen molar-refractivity contribution in [2.45, 2.75) is 18.6 Å². The monoisotopic (exact) mass is 305 g/mol. The second-order valence-electron chi connectivity index (χ2n) is 4.41. The number of hydrogen-bond donors (Lipinski definition) is 1. The van der Waals surface area contributed by atoms with Crippen molar-refractivity contribution in [3.05, 3.63) is 9.98 Å². The van der Waals surface area contributed by atoms with E-state index in [9.17, 15) is 5.11 Å². The minimum Gasteiger partial charge on any atom is -0.391 e. The molecule has 1 fully saturated rings. The van der Waals surface area contributed by atoms with Crippen molar-refractivity contribution in [1.29, 1.82) is 0 Å². The Kier molecular flexibility index (Phi) is 3.84. The molecule has 1 aromatic rings. The summed E-state index contributed by atoms with van der Waals surface area (Å²) in [6.07, 6.45) is 0.600. The molecule has 4 nitrogen and oxygen atoms in total. The predicted molar refractivity (Wildman–Crippen MR) is 70.1 cm³/mol. The number of anilines is 1. The third-order valence-electron chi connectivity index (χ3n) is 2.68. The lowest BCUT2D eigenvalue weighted by atomic mass is 10.2. The first-order valence-corrected chi connectivity index (χ1v) is 6.94. The van der Waals surface area contributed by atoms with E-state index < -0.39 is 0 Å². The zero-order valence-electron chi connectivity index (χ0n) is 9.43. The Morgan fingerprint density at radius 2 is 2.44 bits per heavy atom. The van der Waals surface area contributed by atoms with Crippen LogP contribution in [0.15, 0.2) is 9.98 Å². The molecule has 6 heteroatoms.